The van der Waals surface area contributed by atoms with Crippen molar-refractivity contribution in [1.29, 1.82) is 0 Å². The molecule has 5 heteroatoms. The molecule has 1 atom stereocenters. The standard InChI is InChI=1S/C20H29N5/c1-4-14(2)13-25-17(11-7-8-12-22-3)24-18-19(25)15-9-5-6-10-16(15)23-20(18)21/h5-6,9-10,14,22H,4,7-8,11-13H2,1-3H3,(H2,21,23). The van der Waals surface area contributed by atoms with Gasteiger partial charge in [-0.15, -0.1) is 0 Å². The van der Waals surface area contributed by atoms with Crippen molar-refractivity contribution in [2.75, 3.05) is 19.3 Å². The van der Waals surface area contributed by atoms with E-state index in [1.807, 2.05) is 19.2 Å². The molecule has 0 aliphatic carbocycles. The zero-order valence-electron chi connectivity index (χ0n) is 15.5. The Morgan fingerprint density at radius 3 is 2.76 bits per heavy atom. The summed E-state index contributed by atoms with van der Waals surface area (Å²) in [5.74, 6) is 2.27. The highest BCUT2D eigenvalue weighted by molar-refractivity contribution is 6.06. The number of nitrogen functional groups attached to an aromatic ring is 1. The summed E-state index contributed by atoms with van der Waals surface area (Å²) in [5.41, 5.74) is 9.19. The number of fused-ring (bicyclic) bond motifs is 3. The molecule has 3 aromatic rings. The molecule has 0 saturated heterocycles. The molecule has 3 rings (SSSR count). The third-order valence-electron chi connectivity index (χ3n) is 4.96. The Morgan fingerprint density at radius 1 is 1.20 bits per heavy atom. The minimum atomic E-state index is 0.535. The summed E-state index contributed by atoms with van der Waals surface area (Å²) in [7, 11) is 2.00. The topological polar surface area (TPSA) is 68.8 Å². The van der Waals surface area contributed by atoms with Crippen molar-refractivity contribution >= 4 is 27.8 Å². The molecule has 134 valence electrons. The van der Waals surface area contributed by atoms with E-state index in [-0.39, 0.29) is 0 Å². The van der Waals surface area contributed by atoms with Gasteiger partial charge in [-0.3, -0.25) is 0 Å². The Hall–Kier alpha value is -2.14. The molecule has 25 heavy (non-hydrogen) atoms. The van der Waals surface area contributed by atoms with E-state index in [9.17, 15) is 0 Å². The number of aromatic nitrogens is 3. The lowest BCUT2D eigenvalue weighted by molar-refractivity contribution is 0.463. The van der Waals surface area contributed by atoms with Gasteiger partial charge in [0.05, 0.1) is 11.0 Å². The average Bonchev–Trinajstić information content (AvgIpc) is 2.98. The van der Waals surface area contributed by atoms with Gasteiger partial charge in [0.2, 0.25) is 0 Å². The summed E-state index contributed by atoms with van der Waals surface area (Å²) in [5, 5.41) is 4.36. The highest BCUT2D eigenvalue weighted by atomic mass is 15.1. The molecule has 2 aromatic heterocycles. The molecule has 0 fully saturated rings. The fourth-order valence-corrected chi connectivity index (χ4v) is 3.32. The van der Waals surface area contributed by atoms with Gasteiger partial charge in [0.25, 0.3) is 0 Å². The van der Waals surface area contributed by atoms with Crippen LogP contribution in [0.25, 0.3) is 21.9 Å². The molecule has 0 aliphatic heterocycles. The van der Waals surface area contributed by atoms with Crippen molar-refractivity contribution in [3.63, 3.8) is 0 Å². The number of pyridine rings is 1. The van der Waals surface area contributed by atoms with Gasteiger partial charge >= 0.3 is 0 Å². The summed E-state index contributed by atoms with van der Waals surface area (Å²) in [6.07, 6.45) is 4.39. The molecule has 0 spiro atoms. The monoisotopic (exact) mass is 339 g/mol. The van der Waals surface area contributed by atoms with Crippen LogP contribution in [0.15, 0.2) is 24.3 Å². The SMILES string of the molecule is CCC(C)Cn1c(CCCCNC)nc2c(N)nc3ccccc3c21. The molecule has 0 radical (unpaired) electrons. The molecule has 1 aromatic carbocycles. The van der Waals surface area contributed by atoms with Crippen LogP contribution in [-0.2, 0) is 13.0 Å². The predicted octanol–water partition coefficient (Wildman–Crippen LogP) is 3.75. The summed E-state index contributed by atoms with van der Waals surface area (Å²) >= 11 is 0. The van der Waals surface area contributed by atoms with E-state index in [0.717, 1.165) is 66.5 Å². The smallest absolute Gasteiger partial charge is 0.152 e. The number of rotatable bonds is 8. The van der Waals surface area contributed by atoms with Crippen LogP contribution >= 0.6 is 0 Å². The number of anilines is 1. The second-order valence-corrected chi connectivity index (χ2v) is 6.92. The molecule has 0 aliphatic rings. The van der Waals surface area contributed by atoms with Gasteiger partial charge in [-0.1, -0.05) is 38.5 Å². The minimum Gasteiger partial charge on any atom is -0.382 e. The number of hydrogen-bond acceptors (Lipinski definition) is 4. The number of nitrogens with two attached hydrogens (primary N) is 1. The summed E-state index contributed by atoms with van der Waals surface area (Å²) in [6.45, 7) is 6.55. The number of imidazole rings is 1. The largest absolute Gasteiger partial charge is 0.382 e. The van der Waals surface area contributed by atoms with Crippen LogP contribution in [0.4, 0.5) is 5.82 Å². The molecule has 2 heterocycles. The third-order valence-corrected chi connectivity index (χ3v) is 4.96. The van der Waals surface area contributed by atoms with Crippen molar-refractivity contribution in [2.24, 2.45) is 5.92 Å². The lowest BCUT2D eigenvalue weighted by Crippen LogP contribution is -2.12. The summed E-state index contributed by atoms with van der Waals surface area (Å²) in [6, 6.07) is 8.23. The number of unbranched alkanes of at least 4 members (excludes halogenated alkanes) is 1. The van der Waals surface area contributed by atoms with E-state index in [1.165, 1.54) is 0 Å². The molecule has 0 bridgehead atoms. The first-order chi connectivity index (χ1) is 12.2. The Kier molecular flexibility index (Phi) is 5.53. The lowest BCUT2D eigenvalue weighted by atomic mass is 10.1. The minimum absolute atomic E-state index is 0.535. The Balaban J connectivity index is 2.12. The van der Waals surface area contributed by atoms with Gasteiger partial charge in [-0.05, 0) is 38.4 Å². The fourth-order valence-electron chi connectivity index (χ4n) is 3.32. The van der Waals surface area contributed by atoms with Crippen molar-refractivity contribution in [2.45, 2.75) is 46.1 Å². The third kappa shape index (κ3) is 3.61. The van der Waals surface area contributed by atoms with Crippen LogP contribution in [0.3, 0.4) is 0 Å². The van der Waals surface area contributed by atoms with E-state index in [2.05, 4.69) is 40.8 Å². The lowest BCUT2D eigenvalue weighted by Gasteiger charge is -2.15. The maximum atomic E-state index is 6.25. The zero-order chi connectivity index (χ0) is 17.8. The number of para-hydroxylation sites is 1. The van der Waals surface area contributed by atoms with E-state index >= 15 is 0 Å². The number of benzene rings is 1. The van der Waals surface area contributed by atoms with Gasteiger partial charge in [0, 0.05) is 18.4 Å². The zero-order valence-corrected chi connectivity index (χ0v) is 15.5. The molecule has 3 N–H and O–H groups in total. The van der Waals surface area contributed by atoms with E-state index < -0.39 is 0 Å². The van der Waals surface area contributed by atoms with Gasteiger partial charge in [-0.25, -0.2) is 9.97 Å². The molecular formula is C20H29N5. The van der Waals surface area contributed by atoms with Crippen molar-refractivity contribution in [3.05, 3.63) is 30.1 Å². The van der Waals surface area contributed by atoms with Gasteiger partial charge in [0.15, 0.2) is 5.82 Å². The predicted molar refractivity (Wildman–Crippen MR) is 106 cm³/mol. The maximum absolute atomic E-state index is 6.25. The number of nitrogens with zero attached hydrogens (tertiary/aromatic N) is 3. The first kappa shape index (κ1) is 17.7. The van der Waals surface area contributed by atoms with Crippen LogP contribution in [0.1, 0.15) is 38.9 Å². The summed E-state index contributed by atoms with van der Waals surface area (Å²) in [4.78, 5) is 9.46. The highest BCUT2D eigenvalue weighted by Gasteiger charge is 2.18. The molecule has 0 saturated carbocycles. The van der Waals surface area contributed by atoms with Crippen LogP contribution in [-0.4, -0.2) is 28.1 Å². The molecule has 5 nitrogen and oxygen atoms in total. The quantitative estimate of drug-likeness (QED) is 0.613. The highest BCUT2D eigenvalue weighted by Crippen LogP contribution is 2.30. The maximum Gasteiger partial charge on any atom is 0.152 e. The van der Waals surface area contributed by atoms with Gasteiger partial charge < -0.3 is 15.6 Å². The van der Waals surface area contributed by atoms with Crippen molar-refractivity contribution in [3.8, 4) is 0 Å². The number of aryl methyl sites for hydroxylation is 1. The van der Waals surface area contributed by atoms with Gasteiger partial charge in [0.1, 0.15) is 11.3 Å². The first-order valence-electron chi connectivity index (χ1n) is 9.33. The fraction of sp³-hybridized carbons (Fsp3) is 0.500. The van der Waals surface area contributed by atoms with Crippen LogP contribution in [0.2, 0.25) is 0 Å². The second-order valence-electron chi connectivity index (χ2n) is 6.92. The normalized spacial score (nSPS) is 12.9. The Morgan fingerprint density at radius 2 is 2.00 bits per heavy atom. The van der Waals surface area contributed by atoms with Crippen molar-refractivity contribution in [1.82, 2.24) is 19.9 Å². The average molecular weight is 339 g/mol. The second kappa shape index (κ2) is 7.83. The molecular weight excluding hydrogens is 310 g/mol. The first-order valence-corrected chi connectivity index (χ1v) is 9.33. The Bertz CT molecular complexity index is 852. The van der Waals surface area contributed by atoms with E-state index in [1.54, 1.807) is 0 Å². The van der Waals surface area contributed by atoms with Crippen LogP contribution < -0.4 is 11.1 Å². The number of nitrogens with one attached hydrogen (secondary N) is 1. The van der Waals surface area contributed by atoms with Crippen LogP contribution in [0.5, 0.6) is 0 Å². The molecule has 0 amide bonds. The number of hydrogen-bond donors (Lipinski definition) is 2. The van der Waals surface area contributed by atoms with E-state index in [0.29, 0.717) is 11.7 Å². The van der Waals surface area contributed by atoms with E-state index in [4.69, 9.17) is 10.7 Å². The van der Waals surface area contributed by atoms with Crippen LogP contribution in [0, 0.1) is 5.92 Å². The summed E-state index contributed by atoms with van der Waals surface area (Å²) < 4.78 is 2.39. The molecule has 1 unspecified atom stereocenters. The van der Waals surface area contributed by atoms with Crippen molar-refractivity contribution < 1.29 is 0 Å². The Labute approximate surface area is 149 Å². The van der Waals surface area contributed by atoms with Gasteiger partial charge in [-0.2, -0.15) is 0 Å².